The second-order valence-electron chi connectivity index (χ2n) is 7.43. The molecule has 0 amide bonds. The van der Waals surface area contributed by atoms with E-state index in [4.69, 9.17) is 4.74 Å². The molecule has 0 heterocycles. The number of esters is 1. The molecular weight excluding hydrogens is 224 g/mol. The average Bonchev–Trinajstić information content (AvgIpc) is 3.03. The summed E-state index contributed by atoms with van der Waals surface area (Å²) in [6.07, 6.45) is 7.43. The Balaban J connectivity index is 1.59. The predicted octanol–water partition coefficient (Wildman–Crippen LogP) is 3.40. The molecule has 0 aromatic carbocycles. The lowest BCUT2D eigenvalue weighted by atomic mass is 9.66. The number of ether oxygens (including phenoxy) is 1. The lowest BCUT2D eigenvalue weighted by Crippen LogP contribution is -2.45. The van der Waals surface area contributed by atoms with Crippen molar-refractivity contribution in [2.45, 2.75) is 58.0 Å². The standard InChI is InChI=1S/C16H24O2/c1-3-13(17)18-16(2)8-11-7-12(16)15-10-5-4-9(6-10)14(11)15/h9-12,14-15H,3-8H2,1-2H3. The zero-order valence-electron chi connectivity index (χ0n) is 11.5. The van der Waals surface area contributed by atoms with Gasteiger partial charge in [0, 0.05) is 12.3 Å². The molecule has 4 fully saturated rings. The molecule has 0 N–H and O–H groups in total. The quantitative estimate of drug-likeness (QED) is 0.553. The monoisotopic (exact) mass is 248 g/mol. The largest absolute Gasteiger partial charge is 0.459 e. The van der Waals surface area contributed by atoms with Gasteiger partial charge in [0.05, 0.1) is 0 Å². The predicted molar refractivity (Wildman–Crippen MR) is 68.8 cm³/mol. The van der Waals surface area contributed by atoms with E-state index < -0.39 is 0 Å². The molecule has 4 rings (SSSR count). The van der Waals surface area contributed by atoms with Crippen molar-refractivity contribution in [3.8, 4) is 0 Å². The summed E-state index contributed by atoms with van der Waals surface area (Å²) in [5.74, 6) is 5.45. The summed E-state index contributed by atoms with van der Waals surface area (Å²) in [7, 11) is 0. The first-order valence-electron chi connectivity index (χ1n) is 7.84. The maximum Gasteiger partial charge on any atom is 0.306 e. The number of fused-ring (bicyclic) bond motifs is 9. The third-order valence-electron chi connectivity index (χ3n) is 6.70. The van der Waals surface area contributed by atoms with Crippen LogP contribution in [0.25, 0.3) is 0 Å². The van der Waals surface area contributed by atoms with Gasteiger partial charge < -0.3 is 4.74 Å². The van der Waals surface area contributed by atoms with E-state index in [-0.39, 0.29) is 11.6 Å². The molecule has 100 valence electrons. The highest BCUT2D eigenvalue weighted by atomic mass is 16.6. The van der Waals surface area contributed by atoms with Crippen LogP contribution >= 0.6 is 0 Å². The van der Waals surface area contributed by atoms with Gasteiger partial charge in [-0.2, -0.15) is 0 Å². The van der Waals surface area contributed by atoms with Gasteiger partial charge in [-0.3, -0.25) is 4.79 Å². The normalized spacial score (nSPS) is 55.9. The summed E-state index contributed by atoms with van der Waals surface area (Å²) in [6.45, 7) is 4.12. The number of carbonyl (C=O) groups is 1. The van der Waals surface area contributed by atoms with E-state index in [9.17, 15) is 4.79 Å². The molecule has 0 aromatic heterocycles. The minimum Gasteiger partial charge on any atom is -0.459 e. The lowest BCUT2D eigenvalue weighted by Gasteiger charge is -2.44. The lowest BCUT2D eigenvalue weighted by molar-refractivity contribution is -0.168. The van der Waals surface area contributed by atoms with Gasteiger partial charge in [0.25, 0.3) is 0 Å². The molecular formula is C16H24O2. The Morgan fingerprint density at radius 1 is 1.17 bits per heavy atom. The van der Waals surface area contributed by atoms with Crippen molar-refractivity contribution in [1.82, 2.24) is 0 Å². The molecule has 2 heteroatoms. The van der Waals surface area contributed by atoms with Crippen molar-refractivity contribution >= 4 is 5.97 Å². The van der Waals surface area contributed by atoms with Gasteiger partial charge in [-0.25, -0.2) is 0 Å². The maximum absolute atomic E-state index is 11.7. The van der Waals surface area contributed by atoms with Crippen molar-refractivity contribution in [3.63, 3.8) is 0 Å². The molecule has 2 nitrogen and oxygen atoms in total. The SMILES string of the molecule is CCC(=O)OC1(C)CC2CC1C1C3CCC(C3)C21. The van der Waals surface area contributed by atoms with Crippen molar-refractivity contribution in [3.05, 3.63) is 0 Å². The molecule has 4 bridgehead atoms. The van der Waals surface area contributed by atoms with Crippen LogP contribution in [-0.2, 0) is 9.53 Å². The minimum absolute atomic E-state index is 0.00440. The van der Waals surface area contributed by atoms with Crippen molar-refractivity contribution < 1.29 is 9.53 Å². The molecule has 0 saturated heterocycles. The Labute approximate surface area is 109 Å². The van der Waals surface area contributed by atoms with E-state index in [1.807, 2.05) is 6.92 Å². The summed E-state index contributed by atoms with van der Waals surface area (Å²) in [4.78, 5) is 11.7. The molecule has 18 heavy (non-hydrogen) atoms. The number of hydrogen-bond acceptors (Lipinski definition) is 2. The molecule has 0 aliphatic heterocycles. The van der Waals surface area contributed by atoms with Crippen molar-refractivity contribution in [1.29, 1.82) is 0 Å². The van der Waals surface area contributed by atoms with E-state index in [1.54, 1.807) is 0 Å². The third kappa shape index (κ3) is 1.27. The summed E-state index contributed by atoms with van der Waals surface area (Å²) in [6, 6.07) is 0. The topological polar surface area (TPSA) is 26.3 Å². The second kappa shape index (κ2) is 3.52. The van der Waals surface area contributed by atoms with E-state index in [0.717, 1.165) is 36.0 Å². The van der Waals surface area contributed by atoms with Gasteiger partial charge in [0.2, 0.25) is 0 Å². The summed E-state index contributed by atoms with van der Waals surface area (Å²) in [5, 5.41) is 0. The molecule has 7 unspecified atom stereocenters. The molecule has 0 aromatic rings. The number of rotatable bonds is 2. The van der Waals surface area contributed by atoms with Gasteiger partial charge in [0.15, 0.2) is 0 Å². The summed E-state index contributed by atoms with van der Waals surface area (Å²) >= 11 is 0. The zero-order chi connectivity index (χ0) is 12.5. The fraction of sp³-hybridized carbons (Fsp3) is 0.938. The van der Waals surface area contributed by atoms with Crippen LogP contribution in [0.2, 0.25) is 0 Å². The van der Waals surface area contributed by atoms with Crippen LogP contribution < -0.4 is 0 Å². The third-order valence-corrected chi connectivity index (χ3v) is 6.70. The van der Waals surface area contributed by atoms with Crippen LogP contribution in [0.1, 0.15) is 52.4 Å². The Bertz CT molecular complexity index is 391. The Kier molecular flexibility index (Phi) is 2.21. The van der Waals surface area contributed by atoms with Crippen LogP contribution in [-0.4, -0.2) is 11.6 Å². The maximum atomic E-state index is 11.7. The fourth-order valence-electron chi connectivity index (χ4n) is 6.31. The van der Waals surface area contributed by atoms with Gasteiger partial charge in [-0.05, 0) is 68.6 Å². The Morgan fingerprint density at radius 3 is 2.61 bits per heavy atom. The smallest absolute Gasteiger partial charge is 0.306 e. The fourth-order valence-corrected chi connectivity index (χ4v) is 6.31. The van der Waals surface area contributed by atoms with Gasteiger partial charge in [-0.1, -0.05) is 6.92 Å². The Morgan fingerprint density at radius 2 is 1.89 bits per heavy atom. The molecule has 4 aliphatic carbocycles. The first-order valence-corrected chi connectivity index (χ1v) is 7.84. The molecule has 4 saturated carbocycles. The van der Waals surface area contributed by atoms with Crippen molar-refractivity contribution in [2.75, 3.05) is 0 Å². The Hall–Kier alpha value is -0.530. The van der Waals surface area contributed by atoms with E-state index in [1.165, 1.54) is 25.7 Å². The van der Waals surface area contributed by atoms with E-state index in [0.29, 0.717) is 12.3 Å². The van der Waals surface area contributed by atoms with Gasteiger partial charge >= 0.3 is 5.97 Å². The van der Waals surface area contributed by atoms with E-state index >= 15 is 0 Å². The van der Waals surface area contributed by atoms with Gasteiger partial charge in [0.1, 0.15) is 5.60 Å². The summed E-state index contributed by atoms with van der Waals surface area (Å²) in [5.41, 5.74) is -0.122. The first-order chi connectivity index (χ1) is 8.62. The highest BCUT2D eigenvalue weighted by molar-refractivity contribution is 5.69. The summed E-state index contributed by atoms with van der Waals surface area (Å²) < 4.78 is 5.86. The molecule has 4 aliphatic rings. The average molecular weight is 248 g/mol. The zero-order valence-corrected chi connectivity index (χ0v) is 11.5. The number of hydrogen-bond donors (Lipinski definition) is 0. The molecule has 7 atom stereocenters. The minimum atomic E-state index is -0.122. The van der Waals surface area contributed by atoms with Crippen LogP contribution in [0.15, 0.2) is 0 Å². The van der Waals surface area contributed by atoms with Crippen molar-refractivity contribution in [2.24, 2.45) is 35.5 Å². The van der Waals surface area contributed by atoms with Crippen LogP contribution in [0, 0.1) is 35.5 Å². The highest BCUT2D eigenvalue weighted by Crippen LogP contribution is 2.70. The van der Waals surface area contributed by atoms with Gasteiger partial charge in [-0.15, -0.1) is 0 Å². The first kappa shape index (κ1) is 11.3. The van der Waals surface area contributed by atoms with Crippen LogP contribution in [0.4, 0.5) is 0 Å². The number of carbonyl (C=O) groups excluding carboxylic acids is 1. The second-order valence-corrected chi connectivity index (χ2v) is 7.43. The van der Waals surface area contributed by atoms with E-state index in [2.05, 4.69) is 6.92 Å². The molecule has 0 radical (unpaired) electrons. The highest BCUT2D eigenvalue weighted by Gasteiger charge is 2.66. The molecule has 0 spiro atoms. The van der Waals surface area contributed by atoms with Crippen LogP contribution in [0.3, 0.4) is 0 Å². The van der Waals surface area contributed by atoms with Crippen LogP contribution in [0.5, 0.6) is 0 Å².